The maximum Gasteiger partial charge on any atom is 0.172 e. The lowest BCUT2D eigenvalue weighted by Gasteiger charge is -2.20. The minimum Gasteiger partial charge on any atom is -0.486 e. The second-order valence-corrected chi connectivity index (χ2v) is 3.60. The van der Waals surface area contributed by atoms with Crippen molar-refractivity contribution in [2.45, 2.75) is 0 Å². The summed E-state index contributed by atoms with van der Waals surface area (Å²) in [6.07, 6.45) is 1.67. The Morgan fingerprint density at radius 1 is 1.25 bits per heavy atom. The Hall–Kier alpha value is -2.04. The molecule has 0 aliphatic carbocycles. The number of aryl methyl sites for hydroxylation is 1. The lowest BCUT2D eigenvalue weighted by atomic mass is 10.1. The van der Waals surface area contributed by atoms with Gasteiger partial charge in [0.2, 0.25) is 0 Å². The van der Waals surface area contributed by atoms with E-state index < -0.39 is 0 Å². The SMILES string of the molecule is Cn1cnnc1-c1cccc2c1OCCO2. The van der Waals surface area contributed by atoms with Gasteiger partial charge in [-0.2, -0.15) is 0 Å². The Labute approximate surface area is 92.6 Å². The average molecular weight is 217 g/mol. The third-order valence-electron chi connectivity index (χ3n) is 2.52. The molecule has 5 heteroatoms. The van der Waals surface area contributed by atoms with Crippen LogP contribution in [0.2, 0.25) is 0 Å². The van der Waals surface area contributed by atoms with Gasteiger partial charge >= 0.3 is 0 Å². The third-order valence-corrected chi connectivity index (χ3v) is 2.52. The molecular formula is C11H11N3O2. The minimum atomic E-state index is 0.571. The number of aromatic nitrogens is 3. The molecule has 16 heavy (non-hydrogen) atoms. The number of fused-ring (bicyclic) bond motifs is 1. The molecule has 0 fully saturated rings. The van der Waals surface area contributed by atoms with Crippen LogP contribution < -0.4 is 9.47 Å². The van der Waals surface area contributed by atoms with Crippen molar-refractivity contribution in [3.8, 4) is 22.9 Å². The molecule has 3 rings (SSSR count). The number of nitrogens with zero attached hydrogens (tertiary/aromatic N) is 3. The van der Waals surface area contributed by atoms with E-state index in [-0.39, 0.29) is 0 Å². The van der Waals surface area contributed by atoms with Gasteiger partial charge in [-0.1, -0.05) is 6.07 Å². The first-order valence-corrected chi connectivity index (χ1v) is 5.09. The number of para-hydroxylation sites is 1. The zero-order valence-corrected chi connectivity index (χ0v) is 8.88. The molecule has 5 nitrogen and oxygen atoms in total. The molecule has 0 radical (unpaired) electrons. The Balaban J connectivity index is 2.18. The van der Waals surface area contributed by atoms with Crippen LogP contribution in [0, 0.1) is 0 Å². The first kappa shape index (κ1) is 9.21. The molecule has 0 N–H and O–H groups in total. The fraction of sp³-hybridized carbons (Fsp3) is 0.273. The minimum absolute atomic E-state index is 0.571. The van der Waals surface area contributed by atoms with Gasteiger partial charge in [-0.05, 0) is 12.1 Å². The Kier molecular flexibility index (Phi) is 2.02. The molecule has 0 saturated heterocycles. The van der Waals surface area contributed by atoms with Crippen LogP contribution >= 0.6 is 0 Å². The molecule has 1 aliphatic rings. The largest absolute Gasteiger partial charge is 0.486 e. The van der Waals surface area contributed by atoms with E-state index >= 15 is 0 Å². The Morgan fingerprint density at radius 2 is 2.12 bits per heavy atom. The summed E-state index contributed by atoms with van der Waals surface area (Å²) >= 11 is 0. The van der Waals surface area contributed by atoms with Gasteiger partial charge in [-0.15, -0.1) is 10.2 Å². The molecule has 0 amide bonds. The Bertz CT molecular complexity index is 522. The molecule has 2 aromatic rings. The monoisotopic (exact) mass is 217 g/mol. The van der Waals surface area contributed by atoms with Crippen LogP contribution in [0.4, 0.5) is 0 Å². The fourth-order valence-electron chi connectivity index (χ4n) is 1.78. The van der Waals surface area contributed by atoms with Crippen LogP contribution in [0.5, 0.6) is 11.5 Å². The maximum atomic E-state index is 5.63. The highest BCUT2D eigenvalue weighted by molar-refractivity contribution is 5.69. The summed E-state index contributed by atoms with van der Waals surface area (Å²) in [6, 6.07) is 5.78. The topological polar surface area (TPSA) is 49.2 Å². The van der Waals surface area contributed by atoms with Crippen molar-refractivity contribution in [3.05, 3.63) is 24.5 Å². The van der Waals surface area contributed by atoms with Crippen molar-refractivity contribution in [2.75, 3.05) is 13.2 Å². The number of hydrogen-bond donors (Lipinski definition) is 0. The van der Waals surface area contributed by atoms with Crippen molar-refractivity contribution in [1.29, 1.82) is 0 Å². The third kappa shape index (κ3) is 1.32. The first-order chi connectivity index (χ1) is 7.86. The summed E-state index contributed by atoms with van der Waals surface area (Å²) in [4.78, 5) is 0. The maximum absolute atomic E-state index is 5.63. The normalized spacial score (nSPS) is 13.8. The van der Waals surface area contributed by atoms with Crippen LogP contribution in [0.25, 0.3) is 11.4 Å². The van der Waals surface area contributed by atoms with E-state index in [9.17, 15) is 0 Å². The molecule has 82 valence electrons. The molecule has 0 unspecified atom stereocenters. The van der Waals surface area contributed by atoms with Crippen LogP contribution in [-0.4, -0.2) is 28.0 Å². The summed E-state index contributed by atoms with van der Waals surface area (Å²) < 4.78 is 13.0. The van der Waals surface area contributed by atoms with Gasteiger partial charge in [0, 0.05) is 7.05 Å². The van der Waals surface area contributed by atoms with Gasteiger partial charge < -0.3 is 14.0 Å². The highest BCUT2D eigenvalue weighted by Gasteiger charge is 2.19. The molecule has 0 atom stereocenters. The van der Waals surface area contributed by atoms with E-state index in [1.54, 1.807) is 6.33 Å². The van der Waals surface area contributed by atoms with Crippen molar-refractivity contribution in [2.24, 2.45) is 7.05 Å². The molecule has 1 aromatic carbocycles. The number of benzene rings is 1. The summed E-state index contributed by atoms with van der Waals surface area (Å²) in [7, 11) is 1.90. The Morgan fingerprint density at radius 3 is 2.94 bits per heavy atom. The van der Waals surface area contributed by atoms with Crippen LogP contribution in [0.15, 0.2) is 24.5 Å². The molecule has 0 saturated carbocycles. The van der Waals surface area contributed by atoms with Crippen LogP contribution in [0.3, 0.4) is 0 Å². The fourth-order valence-corrected chi connectivity index (χ4v) is 1.78. The van der Waals surface area contributed by atoms with Crippen LogP contribution in [0.1, 0.15) is 0 Å². The molecule has 0 spiro atoms. The lowest BCUT2D eigenvalue weighted by molar-refractivity contribution is 0.172. The van der Waals surface area contributed by atoms with Gasteiger partial charge in [0.05, 0.1) is 5.56 Å². The molecule has 1 aromatic heterocycles. The lowest BCUT2D eigenvalue weighted by Crippen LogP contribution is -2.16. The summed E-state index contributed by atoms with van der Waals surface area (Å²) in [6.45, 7) is 1.16. The zero-order chi connectivity index (χ0) is 11.0. The highest BCUT2D eigenvalue weighted by Crippen LogP contribution is 2.38. The highest BCUT2D eigenvalue weighted by atomic mass is 16.6. The van der Waals surface area contributed by atoms with Gasteiger partial charge in [0.25, 0.3) is 0 Å². The predicted octanol–water partition coefficient (Wildman–Crippen LogP) is 1.25. The number of hydrogen-bond acceptors (Lipinski definition) is 4. The van der Waals surface area contributed by atoms with Crippen molar-refractivity contribution in [3.63, 3.8) is 0 Å². The van der Waals surface area contributed by atoms with E-state index in [1.165, 1.54) is 0 Å². The molecule has 0 bridgehead atoms. The quantitative estimate of drug-likeness (QED) is 0.721. The predicted molar refractivity (Wildman–Crippen MR) is 57.4 cm³/mol. The number of rotatable bonds is 1. The summed E-state index contributed by atoms with van der Waals surface area (Å²) in [5, 5.41) is 7.94. The first-order valence-electron chi connectivity index (χ1n) is 5.09. The van der Waals surface area contributed by atoms with Gasteiger partial charge in [-0.3, -0.25) is 0 Å². The smallest absolute Gasteiger partial charge is 0.172 e. The average Bonchev–Trinajstić information content (AvgIpc) is 2.75. The summed E-state index contributed by atoms with van der Waals surface area (Å²) in [5.74, 6) is 2.30. The van der Waals surface area contributed by atoms with Crippen LogP contribution in [-0.2, 0) is 7.05 Å². The van der Waals surface area contributed by atoms with E-state index in [0.29, 0.717) is 13.2 Å². The standard InChI is InChI=1S/C11H11N3O2/c1-14-7-12-13-11(14)8-3-2-4-9-10(8)16-6-5-15-9/h2-4,7H,5-6H2,1H3. The second-order valence-electron chi connectivity index (χ2n) is 3.60. The van der Waals surface area contributed by atoms with Crippen molar-refractivity contribution < 1.29 is 9.47 Å². The van der Waals surface area contributed by atoms with Gasteiger partial charge in [-0.25, -0.2) is 0 Å². The van der Waals surface area contributed by atoms with Gasteiger partial charge in [0.15, 0.2) is 17.3 Å². The second kappa shape index (κ2) is 3.52. The van der Waals surface area contributed by atoms with Crippen molar-refractivity contribution in [1.82, 2.24) is 14.8 Å². The number of ether oxygens (including phenoxy) is 2. The van der Waals surface area contributed by atoms with Gasteiger partial charge in [0.1, 0.15) is 19.5 Å². The van der Waals surface area contributed by atoms with E-state index in [0.717, 1.165) is 22.9 Å². The zero-order valence-electron chi connectivity index (χ0n) is 8.88. The van der Waals surface area contributed by atoms with E-state index in [1.807, 2.05) is 29.8 Å². The molecule has 1 aliphatic heterocycles. The molecular weight excluding hydrogens is 206 g/mol. The van der Waals surface area contributed by atoms with Crippen molar-refractivity contribution >= 4 is 0 Å². The van der Waals surface area contributed by atoms with E-state index in [4.69, 9.17) is 9.47 Å². The summed E-state index contributed by atoms with van der Waals surface area (Å²) in [5.41, 5.74) is 0.914. The van der Waals surface area contributed by atoms with E-state index in [2.05, 4.69) is 10.2 Å². The molecule has 2 heterocycles.